The van der Waals surface area contributed by atoms with Crippen molar-refractivity contribution in [1.29, 1.82) is 0 Å². The topological polar surface area (TPSA) is 98.7 Å². The second-order valence-electron chi connectivity index (χ2n) is 7.36. The van der Waals surface area contributed by atoms with Crippen LogP contribution < -0.4 is 10.6 Å². The summed E-state index contributed by atoms with van der Waals surface area (Å²) in [5.74, 6) is -1.58. The van der Waals surface area contributed by atoms with Crippen LogP contribution in [0.2, 0.25) is 0 Å². The van der Waals surface area contributed by atoms with Crippen molar-refractivity contribution in [1.82, 2.24) is 4.90 Å². The van der Waals surface area contributed by atoms with Crippen LogP contribution in [0.3, 0.4) is 0 Å². The lowest BCUT2D eigenvalue weighted by molar-refractivity contribution is -0.121. The maximum Gasteiger partial charge on any atom is 0.336 e. The summed E-state index contributed by atoms with van der Waals surface area (Å²) in [6.07, 6.45) is 1.41. The van der Waals surface area contributed by atoms with Gasteiger partial charge in [-0.25, -0.2) is 9.59 Å². The van der Waals surface area contributed by atoms with Crippen molar-refractivity contribution in [2.24, 2.45) is 5.92 Å². The maximum atomic E-state index is 12.8. The molecule has 1 fully saturated rings. The zero-order valence-electron chi connectivity index (χ0n) is 16.6. The van der Waals surface area contributed by atoms with E-state index in [0.29, 0.717) is 36.4 Å². The van der Waals surface area contributed by atoms with Crippen LogP contribution in [0.1, 0.15) is 34.3 Å². The van der Waals surface area contributed by atoms with Gasteiger partial charge in [-0.15, -0.1) is 0 Å². The van der Waals surface area contributed by atoms with E-state index >= 15 is 0 Å². The first kappa shape index (κ1) is 20.4. The van der Waals surface area contributed by atoms with Gasteiger partial charge < -0.3 is 20.6 Å². The van der Waals surface area contributed by atoms with E-state index in [2.05, 4.69) is 10.6 Å². The molecular formula is C22H25N3O4. The van der Waals surface area contributed by atoms with E-state index in [0.717, 1.165) is 12.0 Å². The Balaban J connectivity index is 1.66. The molecular weight excluding hydrogens is 370 g/mol. The molecule has 2 aromatic rings. The normalized spacial score (nSPS) is 16.2. The van der Waals surface area contributed by atoms with Crippen LogP contribution in [0.5, 0.6) is 0 Å². The number of likely N-dealkylation sites (tertiary alicyclic amines) is 1. The van der Waals surface area contributed by atoms with E-state index in [1.54, 1.807) is 17.9 Å². The monoisotopic (exact) mass is 395 g/mol. The Hall–Kier alpha value is -3.35. The van der Waals surface area contributed by atoms with Gasteiger partial charge in [0.2, 0.25) is 5.91 Å². The minimum atomic E-state index is -1.03. The fourth-order valence-electron chi connectivity index (χ4n) is 3.55. The van der Waals surface area contributed by atoms with Crippen molar-refractivity contribution >= 4 is 29.3 Å². The summed E-state index contributed by atoms with van der Waals surface area (Å²) < 4.78 is 0. The number of amides is 3. The molecule has 0 aromatic heterocycles. The minimum absolute atomic E-state index is 0.165. The summed E-state index contributed by atoms with van der Waals surface area (Å²) in [7, 11) is 0. The highest BCUT2D eigenvalue weighted by Crippen LogP contribution is 2.24. The fraction of sp³-hybridized carbons (Fsp3) is 0.318. The molecule has 29 heavy (non-hydrogen) atoms. The molecule has 152 valence electrons. The minimum Gasteiger partial charge on any atom is -0.478 e. The molecule has 0 radical (unpaired) electrons. The Bertz CT molecular complexity index is 927. The van der Waals surface area contributed by atoms with E-state index < -0.39 is 5.97 Å². The van der Waals surface area contributed by atoms with Crippen LogP contribution >= 0.6 is 0 Å². The Morgan fingerprint density at radius 1 is 1.03 bits per heavy atom. The Morgan fingerprint density at radius 3 is 2.45 bits per heavy atom. The smallest absolute Gasteiger partial charge is 0.336 e. The third-order valence-electron chi connectivity index (χ3n) is 5.16. The number of aryl methyl sites for hydroxylation is 2. The van der Waals surface area contributed by atoms with Crippen LogP contribution in [0, 0.1) is 19.8 Å². The number of hydrogen-bond acceptors (Lipinski definition) is 3. The number of para-hydroxylation sites is 1. The van der Waals surface area contributed by atoms with Gasteiger partial charge in [0.05, 0.1) is 11.5 Å². The second-order valence-corrected chi connectivity index (χ2v) is 7.36. The van der Waals surface area contributed by atoms with E-state index in [-0.39, 0.29) is 23.4 Å². The Kier molecular flexibility index (Phi) is 6.16. The third kappa shape index (κ3) is 4.93. The molecule has 0 aliphatic carbocycles. The molecule has 0 spiro atoms. The van der Waals surface area contributed by atoms with Crippen molar-refractivity contribution < 1.29 is 19.5 Å². The maximum absolute atomic E-state index is 12.8. The number of carbonyl (C=O) groups excluding carboxylic acids is 2. The first-order chi connectivity index (χ1) is 13.8. The van der Waals surface area contributed by atoms with Gasteiger partial charge in [-0.2, -0.15) is 0 Å². The molecule has 7 heteroatoms. The van der Waals surface area contributed by atoms with Gasteiger partial charge in [-0.1, -0.05) is 24.3 Å². The lowest BCUT2D eigenvalue weighted by atomic mass is 9.96. The van der Waals surface area contributed by atoms with Gasteiger partial charge in [0.25, 0.3) is 0 Å². The first-order valence-corrected chi connectivity index (χ1v) is 9.61. The molecule has 3 rings (SSSR count). The van der Waals surface area contributed by atoms with E-state index in [9.17, 15) is 19.5 Å². The fourth-order valence-corrected chi connectivity index (χ4v) is 3.55. The number of anilines is 2. The van der Waals surface area contributed by atoms with Crippen LogP contribution in [0.15, 0.2) is 42.5 Å². The average molecular weight is 395 g/mol. The quantitative estimate of drug-likeness (QED) is 0.731. The number of nitrogens with one attached hydrogen (secondary N) is 2. The number of hydrogen-bond donors (Lipinski definition) is 3. The van der Waals surface area contributed by atoms with Crippen molar-refractivity contribution in [2.45, 2.75) is 26.7 Å². The van der Waals surface area contributed by atoms with E-state index in [1.807, 2.05) is 37.3 Å². The zero-order valence-corrected chi connectivity index (χ0v) is 16.6. The highest BCUT2D eigenvalue weighted by molar-refractivity contribution is 5.97. The molecule has 1 atom stereocenters. The van der Waals surface area contributed by atoms with Crippen LogP contribution in [-0.4, -0.2) is 41.0 Å². The summed E-state index contributed by atoms with van der Waals surface area (Å²) in [5, 5.41) is 15.0. The van der Waals surface area contributed by atoms with E-state index in [4.69, 9.17) is 0 Å². The predicted molar refractivity (Wildman–Crippen MR) is 111 cm³/mol. The number of carboxylic acids is 1. The number of rotatable bonds is 4. The number of benzene rings is 2. The van der Waals surface area contributed by atoms with Crippen molar-refractivity contribution in [3.8, 4) is 0 Å². The van der Waals surface area contributed by atoms with Crippen molar-refractivity contribution in [3.63, 3.8) is 0 Å². The molecule has 1 aliphatic rings. The highest BCUT2D eigenvalue weighted by atomic mass is 16.4. The molecule has 7 nitrogen and oxygen atoms in total. The largest absolute Gasteiger partial charge is 0.478 e. The summed E-state index contributed by atoms with van der Waals surface area (Å²) in [6, 6.07) is 12.2. The summed E-state index contributed by atoms with van der Waals surface area (Å²) >= 11 is 0. The van der Waals surface area contributed by atoms with Gasteiger partial charge in [0, 0.05) is 24.5 Å². The molecule has 3 amide bonds. The molecule has 2 aromatic carbocycles. The summed E-state index contributed by atoms with van der Waals surface area (Å²) in [5.41, 5.74) is 2.81. The van der Waals surface area contributed by atoms with Gasteiger partial charge in [0.1, 0.15) is 0 Å². The molecule has 1 saturated heterocycles. The van der Waals surface area contributed by atoms with Crippen LogP contribution in [-0.2, 0) is 4.79 Å². The van der Waals surface area contributed by atoms with Gasteiger partial charge in [-0.3, -0.25) is 4.79 Å². The van der Waals surface area contributed by atoms with Crippen molar-refractivity contribution in [3.05, 3.63) is 59.2 Å². The number of carbonyl (C=O) groups is 3. The van der Waals surface area contributed by atoms with Gasteiger partial charge in [0.15, 0.2) is 0 Å². The van der Waals surface area contributed by atoms with Gasteiger partial charge >= 0.3 is 12.0 Å². The third-order valence-corrected chi connectivity index (χ3v) is 5.16. The number of aromatic carboxylic acids is 1. The Morgan fingerprint density at radius 2 is 1.76 bits per heavy atom. The predicted octanol–water partition coefficient (Wildman–Crippen LogP) is 3.88. The highest BCUT2D eigenvalue weighted by Gasteiger charge is 2.29. The number of nitrogens with zero attached hydrogens (tertiary/aromatic N) is 1. The average Bonchev–Trinajstić information content (AvgIpc) is 2.70. The number of urea groups is 1. The molecule has 0 saturated carbocycles. The first-order valence-electron chi connectivity index (χ1n) is 9.61. The molecule has 3 N–H and O–H groups in total. The van der Waals surface area contributed by atoms with Gasteiger partial charge in [-0.05, 0) is 56.0 Å². The SMILES string of the molecule is Cc1cc(C)c(C(=O)O)cc1NC(=O)C1CCCN(C(=O)Nc2ccccc2)C1. The van der Waals surface area contributed by atoms with Crippen molar-refractivity contribution in [2.75, 3.05) is 23.7 Å². The van der Waals surface area contributed by atoms with E-state index in [1.165, 1.54) is 6.07 Å². The molecule has 0 bridgehead atoms. The second kappa shape index (κ2) is 8.77. The summed E-state index contributed by atoms with van der Waals surface area (Å²) in [4.78, 5) is 38.3. The lowest BCUT2D eigenvalue weighted by Crippen LogP contribution is -2.45. The number of piperidine rings is 1. The number of carboxylic acid groups (broad SMARTS) is 1. The molecule has 1 heterocycles. The Labute approximate surface area is 169 Å². The zero-order chi connectivity index (χ0) is 21.0. The van der Waals surface area contributed by atoms with Crippen LogP contribution in [0.25, 0.3) is 0 Å². The van der Waals surface area contributed by atoms with Crippen LogP contribution in [0.4, 0.5) is 16.2 Å². The lowest BCUT2D eigenvalue weighted by Gasteiger charge is -2.32. The molecule has 1 unspecified atom stereocenters. The standard InChI is InChI=1S/C22H25N3O4/c1-14-11-15(2)19(12-18(14)21(27)28)24-20(26)16-7-6-10-25(13-16)22(29)23-17-8-4-3-5-9-17/h3-5,8-9,11-12,16H,6-7,10,13H2,1-2H3,(H,23,29)(H,24,26)(H,27,28). The summed E-state index contributed by atoms with van der Waals surface area (Å²) in [6.45, 7) is 4.47. The molecule has 1 aliphatic heterocycles.